The van der Waals surface area contributed by atoms with E-state index in [1.165, 1.54) is 12.1 Å². The number of benzene rings is 2. The van der Waals surface area contributed by atoms with Crippen LogP contribution >= 0.6 is 0 Å². The third-order valence-corrected chi connectivity index (χ3v) is 5.08. The molecule has 162 valence electrons. The molecule has 2 aromatic rings. The van der Waals surface area contributed by atoms with Crippen LogP contribution in [-0.4, -0.2) is 48.5 Å². The highest BCUT2D eigenvalue weighted by Gasteiger charge is 2.28. The van der Waals surface area contributed by atoms with Crippen LogP contribution in [0.15, 0.2) is 43.0 Å². The monoisotopic (exact) mass is 425 g/mol. The number of carbonyl (C=O) groups is 2. The van der Waals surface area contributed by atoms with Crippen molar-refractivity contribution < 1.29 is 29.3 Å². The van der Waals surface area contributed by atoms with Crippen molar-refractivity contribution in [2.45, 2.75) is 12.5 Å². The van der Waals surface area contributed by atoms with Crippen LogP contribution in [0.1, 0.15) is 23.7 Å². The molecule has 0 aromatic heterocycles. The largest absolute Gasteiger partial charge is 0.508 e. The molecule has 0 spiro atoms. The molecule has 9 heteroatoms. The second kappa shape index (κ2) is 8.66. The lowest BCUT2D eigenvalue weighted by molar-refractivity contribution is -0.118. The van der Waals surface area contributed by atoms with E-state index in [2.05, 4.69) is 17.2 Å². The maximum absolute atomic E-state index is 12.2. The summed E-state index contributed by atoms with van der Waals surface area (Å²) in [4.78, 5) is 25.3. The Morgan fingerprint density at radius 1 is 1.26 bits per heavy atom. The van der Waals surface area contributed by atoms with Crippen LogP contribution in [0.5, 0.6) is 11.5 Å². The number of carbonyl (C=O) groups excluding carboxylic acids is 2. The number of amides is 2. The van der Waals surface area contributed by atoms with Crippen molar-refractivity contribution in [3.63, 3.8) is 0 Å². The smallest absolute Gasteiger partial charge is 0.419 e. The van der Waals surface area contributed by atoms with Gasteiger partial charge in [-0.2, -0.15) is 0 Å². The van der Waals surface area contributed by atoms with Crippen molar-refractivity contribution in [1.29, 1.82) is 0 Å². The van der Waals surface area contributed by atoms with Gasteiger partial charge in [0.15, 0.2) is 6.61 Å². The van der Waals surface area contributed by atoms with Crippen LogP contribution in [0.2, 0.25) is 0 Å². The van der Waals surface area contributed by atoms with Crippen LogP contribution in [0.25, 0.3) is 5.76 Å². The molecule has 9 nitrogen and oxygen atoms in total. The Morgan fingerprint density at radius 2 is 2.06 bits per heavy atom. The molecule has 31 heavy (non-hydrogen) atoms. The first-order valence-electron chi connectivity index (χ1n) is 9.90. The van der Waals surface area contributed by atoms with E-state index in [-0.39, 0.29) is 24.8 Å². The summed E-state index contributed by atoms with van der Waals surface area (Å²) in [6.07, 6.45) is -0.804. The number of anilines is 2. The van der Waals surface area contributed by atoms with Gasteiger partial charge < -0.3 is 30.3 Å². The van der Waals surface area contributed by atoms with E-state index in [4.69, 9.17) is 9.47 Å². The number of rotatable bonds is 7. The molecular weight excluding hydrogens is 402 g/mol. The van der Waals surface area contributed by atoms with Crippen LogP contribution in [0, 0.1) is 0 Å². The highest BCUT2D eigenvalue weighted by Crippen LogP contribution is 2.38. The average molecular weight is 425 g/mol. The first-order chi connectivity index (χ1) is 14.9. The molecule has 4 N–H and O–H groups in total. The number of cyclic esters (lactones) is 1. The van der Waals surface area contributed by atoms with Gasteiger partial charge in [0.2, 0.25) is 0 Å². The number of ether oxygens (including phenoxy) is 2. The van der Waals surface area contributed by atoms with Gasteiger partial charge in [-0.15, -0.1) is 0 Å². The van der Waals surface area contributed by atoms with E-state index in [1.807, 2.05) is 24.3 Å². The number of aliphatic hydroxyl groups excluding tert-OH is 1. The highest BCUT2D eigenvalue weighted by molar-refractivity contribution is 5.98. The fourth-order valence-electron chi connectivity index (χ4n) is 3.64. The molecule has 4 rings (SSSR count). The number of hydrogen-bond acceptors (Lipinski definition) is 7. The average Bonchev–Trinajstić information content (AvgIpc) is 2.74. The molecule has 2 aliphatic heterocycles. The van der Waals surface area contributed by atoms with Crippen molar-refractivity contribution in [2.24, 2.45) is 0 Å². The van der Waals surface area contributed by atoms with Crippen molar-refractivity contribution >= 4 is 29.1 Å². The summed E-state index contributed by atoms with van der Waals surface area (Å²) < 4.78 is 10.6. The number of aromatic hydroxyl groups is 1. The maximum atomic E-state index is 12.2. The van der Waals surface area contributed by atoms with Gasteiger partial charge in [-0.25, -0.2) is 4.79 Å². The molecule has 2 aliphatic rings. The summed E-state index contributed by atoms with van der Waals surface area (Å²) in [5.41, 5.74) is 2.25. The zero-order chi connectivity index (χ0) is 22.0. The molecule has 0 radical (unpaired) electrons. The number of nitrogens with one attached hydrogen (secondary N) is 2. The van der Waals surface area contributed by atoms with E-state index in [0.717, 1.165) is 11.3 Å². The summed E-state index contributed by atoms with van der Waals surface area (Å²) in [6.45, 7) is 4.79. The van der Waals surface area contributed by atoms with Crippen molar-refractivity contribution in [3.8, 4) is 11.5 Å². The molecule has 0 fully saturated rings. The van der Waals surface area contributed by atoms with E-state index < -0.39 is 12.2 Å². The molecule has 1 atom stereocenters. The summed E-state index contributed by atoms with van der Waals surface area (Å²) in [7, 11) is 0. The molecule has 0 aliphatic carbocycles. The van der Waals surface area contributed by atoms with Crippen LogP contribution < -0.4 is 20.3 Å². The van der Waals surface area contributed by atoms with E-state index in [1.54, 1.807) is 4.90 Å². The van der Waals surface area contributed by atoms with Gasteiger partial charge in [-0.05, 0) is 31.2 Å². The standard InChI is InChI=1S/C22H23N3O6/c1-13-15-5-2-3-6-18(15)25(22(29)31-13)8-4-7-23-11-19(27)16-9-14(26)10-17-21(16)30-12-20(28)24-17/h2-3,5-6,9-10,19,23,26-27H,1,4,7-8,11-12H2,(H,24,28). The van der Waals surface area contributed by atoms with Crippen molar-refractivity contribution in [3.05, 3.63) is 54.1 Å². The number of phenolic OH excluding ortho intramolecular Hbond substituents is 1. The Labute approximate surface area is 178 Å². The van der Waals surface area contributed by atoms with Crippen LogP contribution in [0.3, 0.4) is 0 Å². The summed E-state index contributed by atoms with van der Waals surface area (Å²) in [6, 6.07) is 10.2. The zero-order valence-corrected chi connectivity index (χ0v) is 16.8. The fourth-order valence-corrected chi connectivity index (χ4v) is 3.64. The van der Waals surface area contributed by atoms with Gasteiger partial charge >= 0.3 is 6.09 Å². The lowest BCUT2D eigenvalue weighted by Gasteiger charge is -2.29. The second-order valence-electron chi connectivity index (χ2n) is 7.28. The first kappa shape index (κ1) is 20.7. The lowest BCUT2D eigenvalue weighted by atomic mass is 10.1. The number of fused-ring (bicyclic) bond motifs is 2. The van der Waals surface area contributed by atoms with E-state index in [9.17, 15) is 19.8 Å². The number of aliphatic hydroxyl groups is 1. The molecule has 0 saturated heterocycles. The Hall–Kier alpha value is -3.56. The van der Waals surface area contributed by atoms with Gasteiger partial charge in [0, 0.05) is 30.3 Å². The summed E-state index contributed by atoms with van der Waals surface area (Å²) >= 11 is 0. The third-order valence-electron chi connectivity index (χ3n) is 5.08. The van der Waals surface area contributed by atoms with E-state index >= 15 is 0 Å². The normalized spacial score (nSPS) is 16.0. The van der Waals surface area contributed by atoms with Gasteiger partial charge in [0.25, 0.3) is 5.91 Å². The quantitative estimate of drug-likeness (QED) is 0.503. The Bertz CT molecular complexity index is 1040. The van der Waals surface area contributed by atoms with Gasteiger partial charge in [0.05, 0.1) is 17.5 Å². The Morgan fingerprint density at radius 3 is 2.90 bits per heavy atom. The molecular formula is C22H23N3O6. The predicted molar refractivity (Wildman–Crippen MR) is 114 cm³/mol. The van der Waals surface area contributed by atoms with Crippen LogP contribution in [0.4, 0.5) is 16.2 Å². The minimum atomic E-state index is -0.958. The molecule has 0 saturated carbocycles. The van der Waals surface area contributed by atoms with Crippen molar-refractivity contribution in [2.75, 3.05) is 36.5 Å². The number of phenols is 1. The number of para-hydroxylation sites is 1. The van der Waals surface area contributed by atoms with Gasteiger partial charge in [-0.3, -0.25) is 9.69 Å². The molecule has 1 unspecified atom stereocenters. The highest BCUT2D eigenvalue weighted by atomic mass is 16.6. The minimum absolute atomic E-state index is 0.0811. The SMILES string of the molecule is C=C1OC(=O)N(CCCNCC(O)c2cc(O)cc3c2OCC(=O)N3)c2ccccc21. The Balaban J connectivity index is 1.32. The van der Waals surface area contributed by atoms with Gasteiger partial charge in [-0.1, -0.05) is 18.7 Å². The maximum Gasteiger partial charge on any atom is 0.419 e. The minimum Gasteiger partial charge on any atom is -0.508 e. The Kier molecular flexibility index (Phi) is 5.79. The third kappa shape index (κ3) is 4.32. The summed E-state index contributed by atoms with van der Waals surface area (Å²) in [5.74, 6) is 0.283. The van der Waals surface area contributed by atoms with Gasteiger partial charge in [0.1, 0.15) is 17.3 Å². The second-order valence-corrected chi connectivity index (χ2v) is 7.28. The lowest BCUT2D eigenvalue weighted by Crippen LogP contribution is -2.37. The topological polar surface area (TPSA) is 120 Å². The molecule has 2 amide bonds. The van der Waals surface area contributed by atoms with Crippen molar-refractivity contribution in [1.82, 2.24) is 5.32 Å². The molecule has 2 aromatic carbocycles. The fraction of sp³-hybridized carbons (Fsp3) is 0.273. The van der Waals surface area contributed by atoms with E-state index in [0.29, 0.717) is 42.3 Å². The molecule has 2 heterocycles. The first-order valence-corrected chi connectivity index (χ1v) is 9.90. The molecule has 0 bridgehead atoms. The number of nitrogens with zero attached hydrogens (tertiary/aromatic N) is 1. The summed E-state index contributed by atoms with van der Waals surface area (Å²) in [5, 5.41) is 26.2. The zero-order valence-electron chi connectivity index (χ0n) is 16.8. The van der Waals surface area contributed by atoms with Crippen LogP contribution in [-0.2, 0) is 9.53 Å². The number of hydrogen-bond donors (Lipinski definition) is 4. The predicted octanol–water partition coefficient (Wildman–Crippen LogP) is 2.36.